The molecule has 0 saturated carbocycles. The molecule has 21 heavy (non-hydrogen) atoms. The maximum atomic E-state index is 13.3. The number of nitrogens with zero attached hydrogens (tertiary/aromatic N) is 2. The van der Waals surface area contributed by atoms with Crippen LogP contribution in [0.25, 0.3) is 0 Å². The lowest BCUT2D eigenvalue weighted by Crippen LogP contribution is -2.38. The van der Waals surface area contributed by atoms with Crippen LogP contribution in [0.5, 0.6) is 0 Å². The van der Waals surface area contributed by atoms with Gasteiger partial charge in [-0.2, -0.15) is 0 Å². The van der Waals surface area contributed by atoms with Crippen molar-refractivity contribution in [3.63, 3.8) is 0 Å². The van der Waals surface area contributed by atoms with Crippen molar-refractivity contribution >= 4 is 5.84 Å². The van der Waals surface area contributed by atoms with Crippen molar-refractivity contribution in [1.82, 2.24) is 9.80 Å². The molecule has 0 aliphatic carbocycles. The highest BCUT2D eigenvalue weighted by molar-refractivity contribution is 5.96. The van der Waals surface area contributed by atoms with E-state index in [2.05, 4.69) is 23.8 Å². The van der Waals surface area contributed by atoms with E-state index >= 15 is 0 Å². The van der Waals surface area contributed by atoms with Crippen LogP contribution in [0.1, 0.15) is 30.9 Å². The normalized spacial score (nSPS) is 19.3. The number of likely N-dealkylation sites (N-methyl/N-ethyl adjacent to an activating group) is 2. The van der Waals surface area contributed by atoms with Gasteiger partial charge in [0.15, 0.2) is 0 Å². The standard InChI is InChI=1S/C16H25FN4/c1-3-21-8-4-5-14(21)11-20(2)10-12-6-7-13(17)9-15(12)16(18)19/h6-7,9,14H,3-5,8,10-11H2,1-2H3,(H3,18,19). The summed E-state index contributed by atoms with van der Waals surface area (Å²) in [5.74, 6) is -0.423. The average Bonchev–Trinajstić information content (AvgIpc) is 2.87. The van der Waals surface area contributed by atoms with Gasteiger partial charge in [-0.05, 0) is 50.7 Å². The zero-order valence-corrected chi connectivity index (χ0v) is 12.9. The summed E-state index contributed by atoms with van der Waals surface area (Å²) < 4.78 is 13.3. The second kappa shape index (κ2) is 7.00. The molecule has 5 heteroatoms. The van der Waals surface area contributed by atoms with Crippen molar-refractivity contribution in [2.24, 2.45) is 5.73 Å². The van der Waals surface area contributed by atoms with E-state index in [4.69, 9.17) is 11.1 Å². The molecule has 1 fully saturated rings. The van der Waals surface area contributed by atoms with E-state index in [1.807, 2.05) is 0 Å². The third kappa shape index (κ3) is 4.02. The quantitative estimate of drug-likeness (QED) is 0.623. The number of rotatable bonds is 6. The smallest absolute Gasteiger partial charge is 0.123 e. The van der Waals surface area contributed by atoms with E-state index in [-0.39, 0.29) is 11.7 Å². The fourth-order valence-electron chi connectivity index (χ4n) is 3.17. The lowest BCUT2D eigenvalue weighted by molar-refractivity contribution is 0.194. The van der Waals surface area contributed by atoms with E-state index < -0.39 is 0 Å². The molecule has 4 nitrogen and oxygen atoms in total. The molecule has 0 amide bonds. The number of hydrogen-bond acceptors (Lipinski definition) is 3. The largest absolute Gasteiger partial charge is 0.384 e. The molecule has 1 heterocycles. The Morgan fingerprint density at radius 3 is 2.95 bits per heavy atom. The topological polar surface area (TPSA) is 56.4 Å². The lowest BCUT2D eigenvalue weighted by Gasteiger charge is -2.28. The first-order valence-corrected chi connectivity index (χ1v) is 7.56. The van der Waals surface area contributed by atoms with Crippen molar-refractivity contribution < 1.29 is 4.39 Å². The summed E-state index contributed by atoms with van der Waals surface area (Å²) >= 11 is 0. The molecule has 0 radical (unpaired) electrons. The molecule has 1 aromatic rings. The molecule has 1 aliphatic heterocycles. The number of amidine groups is 1. The van der Waals surface area contributed by atoms with Crippen LogP contribution in [-0.2, 0) is 6.54 Å². The first-order valence-electron chi connectivity index (χ1n) is 7.56. The van der Waals surface area contributed by atoms with Crippen molar-refractivity contribution in [2.75, 3.05) is 26.7 Å². The fraction of sp³-hybridized carbons (Fsp3) is 0.562. The van der Waals surface area contributed by atoms with Gasteiger partial charge in [-0.3, -0.25) is 10.3 Å². The Hall–Kier alpha value is -1.46. The Bertz CT molecular complexity index is 503. The summed E-state index contributed by atoms with van der Waals surface area (Å²) in [5, 5.41) is 7.59. The molecule has 116 valence electrons. The van der Waals surface area contributed by atoms with Gasteiger partial charge in [-0.15, -0.1) is 0 Å². The number of hydrogen-bond donors (Lipinski definition) is 2. The number of halogens is 1. The predicted molar refractivity (Wildman–Crippen MR) is 84.0 cm³/mol. The summed E-state index contributed by atoms with van der Waals surface area (Å²) in [6.07, 6.45) is 2.50. The van der Waals surface area contributed by atoms with E-state index in [9.17, 15) is 4.39 Å². The predicted octanol–water partition coefficient (Wildman–Crippen LogP) is 2.03. The Morgan fingerprint density at radius 1 is 1.52 bits per heavy atom. The third-order valence-electron chi connectivity index (χ3n) is 4.23. The van der Waals surface area contributed by atoms with Crippen molar-refractivity contribution in [1.29, 1.82) is 5.41 Å². The first-order chi connectivity index (χ1) is 10.0. The van der Waals surface area contributed by atoms with Crippen LogP contribution in [0, 0.1) is 11.2 Å². The van der Waals surface area contributed by atoms with Crippen LogP contribution in [0.2, 0.25) is 0 Å². The summed E-state index contributed by atoms with van der Waals surface area (Å²) in [6.45, 7) is 6.15. The number of benzene rings is 1. The maximum Gasteiger partial charge on any atom is 0.123 e. The van der Waals surface area contributed by atoms with E-state index in [1.54, 1.807) is 6.07 Å². The highest BCUT2D eigenvalue weighted by Crippen LogP contribution is 2.19. The summed E-state index contributed by atoms with van der Waals surface area (Å²) in [4.78, 5) is 4.74. The molecule has 1 saturated heterocycles. The van der Waals surface area contributed by atoms with E-state index in [0.717, 1.165) is 18.7 Å². The fourth-order valence-corrected chi connectivity index (χ4v) is 3.17. The lowest BCUT2D eigenvalue weighted by atomic mass is 10.1. The van der Waals surface area contributed by atoms with Crippen LogP contribution in [-0.4, -0.2) is 48.4 Å². The van der Waals surface area contributed by atoms with Crippen LogP contribution in [0.3, 0.4) is 0 Å². The second-order valence-corrected chi connectivity index (χ2v) is 5.84. The molecule has 1 unspecified atom stereocenters. The minimum absolute atomic E-state index is 0.0750. The van der Waals surface area contributed by atoms with Crippen molar-refractivity contribution in [3.8, 4) is 0 Å². The minimum atomic E-state index is -0.348. The summed E-state index contributed by atoms with van der Waals surface area (Å²) in [5.41, 5.74) is 6.97. The monoisotopic (exact) mass is 292 g/mol. The minimum Gasteiger partial charge on any atom is -0.384 e. The maximum absolute atomic E-state index is 13.3. The number of nitrogens with one attached hydrogen (secondary N) is 1. The number of nitrogen functional groups attached to an aromatic ring is 1. The van der Waals surface area contributed by atoms with Gasteiger partial charge in [0, 0.05) is 24.7 Å². The van der Waals surface area contributed by atoms with Gasteiger partial charge >= 0.3 is 0 Å². The molecule has 1 aromatic carbocycles. The molecule has 1 aliphatic rings. The van der Waals surface area contributed by atoms with Gasteiger partial charge in [0.25, 0.3) is 0 Å². The molecule has 1 atom stereocenters. The van der Waals surface area contributed by atoms with Crippen molar-refractivity contribution in [3.05, 3.63) is 35.1 Å². The Morgan fingerprint density at radius 2 is 2.29 bits per heavy atom. The van der Waals surface area contributed by atoms with Crippen LogP contribution >= 0.6 is 0 Å². The van der Waals surface area contributed by atoms with Gasteiger partial charge in [-0.1, -0.05) is 13.0 Å². The molecule has 0 spiro atoms. The van der Waals surface area contributed by atoms with Gasteiger partial charge in [0.2, 0.25) is 0 Å². The molecule has 0 bridgehead atoms. The summed E-state index contributed by atoms with van der Waals surface area (Å²) in [6, 6.07) is 5.11. The zero-order chi connectivity index (χ0) is 15.4. The number of nitrogens with two attached hydrogens (primary N) is 1. The van der Waals surface area contributed by atoms with Gasteiger partial charge in [-0.25, -0.2) is 4.39 Å². The molecule has 0 aromatic heterocycles. The van der Waals surface area contributed by atoms with E-state index in [0.29, 0.717) is 18.2 Å². The molecular formula is C16H25FN4. The molecular weight excluding hydrogens is 267 g/mol. The highest BCUT2D eigenvalue weighted by Gasteiger charge is 2.24. The SMILES string of the molecule is CCN1CCCC1CN(C)Cc1ccc(F)cc1C(=N)N. The third-order valence-corrected chi connectivity index (χ3v) is 4.23. The number of likely N-dealkylation sites (tertiary alicyclic amines) is 1. The Balaban J connectivity index is 2.02. The van der Waals surface area contributed by atoms with Gasteiger partial charge < -0.3 is 10.6 Å². The van der Waals surface area contributed by atoms with Gasteiger partial charge in [0.1, 0.15) is 11.7 Å². The first kappa shape index (κ1) is 15.9. The molecule has 2 rings (SSSR count). The summed E-state index contributed by atoms with van der Waals surface area (Å²) in [7, 11) is 2.07. The second-order valence-electron chi connectivity index (χ2n) is 5.84. The van der Waals surface area contributed by atoms with Gasteiger partial charge in [0.05, 0.1) is 0 Å². The Kier molecular flexibility index (Phi) is 5.31. The average molecular weight is 292 g/mol. The van der Waals surface area contributed by atoms with E-state index in [1.165, 1.54) is 31.5 Å². The zero-order valence-electron chi connectivity index (χ0n) is 12.9. The van der Waals surface area contributed by atoms with Crippen LogP contribution in [0.15, 0.2) is 18.2 Å². The van der Waals surface area contributed by atoms with Crippen LogP contribution < -0.4 is 5.73 Å². The highest BCUT2D eigenvalue weighted by atomic mass is 19.1. The molecule has 3 N–H and O–H groups in total. The Labute approximate surface area is 126 Å². The van der Waals surface area contributed by atoms with Crippen molar-refractivity contribution in [2.45, 2.75) is 32.4 Å². The van der Waals surface area contributed by atoms with Crippen LogP contribution in [0.4, 0.5) is 4.39 Å².